The minimum atomic E-state index is -0.881. The van der Waals surface area contributed by atoms with Crippen LogP contribution in [0.15, 0.2) is 41.1 Å². The number of hydrogen-bond donors (Lipinski definition) is 1. The second kappa shape index (κ2) is 7.88. The number of esters is 1. The first-order chi connectivity index (χ1) is 11.4. The predicted octanol–water partition coefficient (Wildman–Crippen LogP) is 3.77. The third-order valence-corrected chi connectivity index (χ3v) is 4.05. The number of carbonyl (C=O) groups excluding carboxylic acids is 3. The Kier molecular flexibility index (Phi) is 5.87. The molecule has 1 aromatic carbocycles. The summed E-state index contributed by atoms with van der Waals surface area (Å²) in [6.45, 7) is 5.15. The molecule has 0 radical (unpaired) electrons. The summed E-state index contributed by atoms with van der Waals surface area (Å²) in [7, 11) is 0. The number of benzene rings is 1. The molecule has 0 saturated heterocycles. The highest BCUT2D eigenvalue weighted by Gasteiger charge is 2.20. The van der Waals surface area contributed by atoms with Crippen LogP contribution < -0.4 is 5.32 Å². The zero-order valence-electron chi connectivity index (χ0n) is 13.7. The fourth-order valence-electron chi connectivity index (χ4n) is 1.90. The van der Waals surface area contributed by atoms with Gasteiger partial charge in [0.1, 0.15) is 0 Å². The van der Waals surface area contributed by atoms with Gasteiger partial charge >= 0.3 is 5.97 Å². The Balaban J connectivity index is 1.99. The van der Waals surface area contributed by atoms with Crippen LogP contribution in [0.2, 0.25) is 0 Å². The lowest BCUT2D eigenvalue weighted by Crippen LogP contribution is -2.24. The van der Waals surface area contributed by atoms with E-state index in [2.05, 4.69) is 5.32 Å². The number of Topliss-reactive ketones (excluding diaryl/α,β-unsaturated/α-hetero) is 1. The molecule has 1 unspecified atom stereocenters. The van der Waals surface area contributed by atoms with Crippen LogP contribution in [0.3, 0.4) is 0 Å². The smallest absolute Gasteiger partial charge is 0.339 e. The van der Waals surface area contributed by atoms with Crippen LogP contribution in [-0.4, -0.2) is 23.8 Å². The van der Waals surface area contributed by atoms with Gasteiger partial charge < -0.3 is 10.1 Å². The first-order valence-corrected chi connectivity index (χ1v) is 8.51. The summed E-state index contributed by atoms with van der Waals surface area (Å²) in [5.41, 5.74) is 1.47. The molecule has 0 saturated carbocycles. The van der Waals surface area contributed by atoms with Crippen molar-refractivity contribution in [1.29, 1.82) is 0 Å². The van der Waals surface area contributed by atoms with Crippen LogP contribution in [0, 0.1) is 5.92 Å². The summed E-state index contributed by atoms with van der Waals surface area (Å²) in [6, 6.07) is 8.17. The number of rotatable bonds is 6. The molecule has 0 aliphatic heterocycles. The van der Waals surface area contributed by atoms with Gasteiger partial charge in [-0.2, -0.15) is 11.3 Å². The second-order valence-corrected chi connectivity index (χ2v) is 6.43. The van der Waals surface area contributed by atoms with Crippen LogP contribution in [-0.2, 0) is 9.53 Å². The van der Waals surface area contributed by atoms with E-state index in [0.717, 1.165) is 0 Å². The number of ether oxygens (including phenoxy) is 1. The molecule has 2 rings (SSSR count). The molecule has 24 heavy (non-hydrogen) atoms. The number of nitrogens with one attached hydrogen (secondary N) is 1. The zero-order chi connectivity index (χ0) is 17.7. The third kappa shape index (κ3) is 4.52. The van der Waals surface area contributed by atoms with Gasteiger partial charge in [-0.05, 0) is 42.6 Å². The van der Waals surface area contributed by atoms with Gasteiger partial charge in [0.15, 0.2) is 6.10 Å². The van der Waals surface area contributed by atoms with Gasteiger partial charge in [0, 0.05) is 22.5 Å². The monoisotopic (exact) mass is 345 g/mol. The molecule has 1 amide bonds. The van der Waals surface area contributed by atoms with Gasteiger partial charge in [-0.15, -0.1) is 0 Å². The van der Waals surface area contributed by atoms with Crippen molar-refractivity contribution in [2.75, 3.05) is 5.32 Å². The Morgan fingerprint density at radius 1 is 1.00 bits per heavy atom. The Morgan fingerprint density at radius 3 is 2.21 bits per heavy atom. The Labute approximate surface area is 144 Å². The topological polar surface area (TPSA) is 72.5 Å². The van der Waals surface area contributed by atoms with E-state index in [4.69, 9.17) is 4.74 Å². The molecule has 2 aromatic rings. The van der Waals surface area contributed by atoms with Crippen molar-refractivity contribution in [3.63, 3.8) is 0 Å². The van der Waals surface area contributed by atoms with Crippen molar-refractivity contribution in [3.8, 4) is 0 Å². The summed E-state index contributed by atoms with van der Waals surface area (Å²) in [6.07, 6.45) is -0.881. The maximum absolute atomic E-state index is 12.3. The van der Waals surface area contributed by atoms with E-state index in [1.54, 1.807) is 61.9 Å². The third-order valence-electron chi connectivity index (χ3n) is 3.37. The van der Waals surface area contributed by atoms with Crippen molar-refractivity contribution in [3.05, 3.63) is 52.2 Å². The van der Waals surface area contributed by atoms with Gasteiger partial charge in [0.25, 0.3) is 0 Å². The van der Waals surface area contributed by atoms with Gasteiger partial charge in [0.05, 0.1) is 5.56 Å². The molecular formula is C18H19NO4S. The zero-order valence-corrected chi connectivity index (χ0v) is 14.6. The van der Waals surface area contributed by atoms with Gasteiger partial charge in [-0.1, -0.05) is 13.8 Å². The van der Waals surface area contributed by atoms with Gasteiger partial charge in [0.2, 0.25) is 11.7 Å². The molecule has 0 spiro atoms. The molecule has 6 heteroatoms. The van der Waals surface area contributed by atoms with E-state index in [-0.39, 0.29) is 17.6 Å². The number of carbonyl (C=O) groups is 3. The number of hydrogen-bond acceptors (Lipinski definition) is 5. The van der Waals surface area contributed by atoms with E-state index in [9.17, 15) is 14.4 Å². The second-order valence-electron chi connectivity index (χ2n) is 5.65. The number of amides is 1. The predicted molar refractivity (Wildman–Crippen MR) is 93.4 cm³/mol. The van der Waals surface area contributed by atoms with Crippen molar-refractivity contribution >= 4 is 34.7 Å². The van der Waals surface area contributed by atoms with Crippen LogP contribution in [0.1, 0.15) is 41.5 Å². The van der Waals surface area contributed by atoms with E-state index in [0.29, 0.717) is 16.8 Å². The number of ketones is 1. The summed E-state index contributed by atoms with van der Waals surface area (Å²) in [4.78, 5) is 35.8. The van der Waals surface area contributed by atoms with Crippen LogP contribution in [0.25, 0.3) is 0 Å². The summed E-state index contributed by atoms with van der Waals surface area (Å²) >= 11 is 1.39. The van der Waals surface area contributed by atoms with Crippen LogP contribution >= 0.6 is 11.3 Å². The summed E-state index contributed by atoms with van der Waals surface area (Å²) < 4.78 is 5.19. The number of thiophene rings is 1. The standard InChI is InChI=1S/C18H19NO4S/c1-11(2)17(21)19-15-6-4-13(5-7-15)16(20)12(3)23-18(22)14-8-9-24-10-14/h4-12H,1-3H3,(H,19,21). The molecule has 0 bridgehead atoms. The first-order valence-electron chi connectivity index (χ1n) is 7.57. The Morgan fingerprint density at radius 2 is 1.67 bits per heavy atom. The first kappa shape index (κ1) is 17.9. The average Bonchev–Trinajstić information content (AvgIpc) is 3.09. The molecule has 5 nitrogen and oxygen atoms in total. The van der Waals surface area contributed by atoms with E-state index in [1.807, 2.05) is 0 Å². The van der Waals surface area contributed by atoms with E-state index in [1.165, 1.54) is 11.3 Å². The Hall–Kier alpha value is -2.47. The van der Waals surface area contributed by atoms with E-state index < -0.39 is 12.1 Å². The number of anilines is 1. The van der Waals surface area contributed by atoms with Crippen molar-refractivity contribution in [2.24, 2.45) is 5.92 Å². The molecular weight excluding hydrogens is 326 g/mol. The molecule has 1 heterocycles. The van der Waals surface area contributed by atoms with Gasteiger partial charge in [-0.3, -0.25) is 9.59 Å². The van der Waals surface area contributed by atoms with Crippen molar-refractivity contribution in [1.82, 2.24) is 0 Å². The molecule has 0 fully saturated rings. The van der Waals surface area contributed by atoms with Crippen LogP contribution in [0.5, 0.6) is 0 Å². The lowest BCUT2D eigenvalue weighted by atomic mass is 10.1. The SMILES string of the molecule is CC(C)C(=O)Nc1ccc(C(=O)C(C)OC(=O)c2ccsc2)cc1. The summed E-state index contributed by atoms with van der Waals surface area (Å²) in [5, 5.41) is 6.20. The Bertz CT molecular complexity index is 720. The minimum Gasteiger partial charge on any atom is -0.451 e. The molecule has 1 atom stereocenters. The molecule has 0 aliphatic carbocycles. The molecule has 1 N–H and O–H groups in total. The molecule has 126 valence electrons. The quantitative estimate of drug-likeness (QED) is 0.639. The largest absolute Gasteiger partial charge is 0.451 e. The van der Waals surface area contributed by atoms with Crippen LogP contribution in [0.4, 0.5) is 5.69 Å². The molecule has 0 aliphatic rings. The van der Waals surface area contributed by atoms with Gasteiger partial charge in [-0.25, -0.2) is 4.79 Å². The lowest BCUT2D eigenvalue weighted by molar-refractivity contribution is -0.118. The summed E-state index contributed by atoms with van der Waals surface area (Å²) in [5.74, 6) is -1.02. The molecule has 1 aromatic heterocycles. The maximum Gasteiger partial charge on any atom is 0.339 e. The minimum absolute atomic E-state index is 0.0906. The average molecular weight is 345 g/mol. The fourth-order valence-corrected chi connectivity index (χ4v) is 2.53. The highest BCUT2D eigenvalue weighted by Crippen LogP contribution is 2.15. The lowest BCUT2D eigenvalue weighted by Gasteiger charge is -2.12. The maximum atomic E-state index is 12.3. The normalized spacial score (nSPS) is 11.8. The van der Waals surface area contributed by atoms with E-state index >= 15 is 0 Å². The van der Waals surface area contributed by atoms with Crippen molar-refractivity contribution in [2.45, 2.75) is 26.9 Å². The highest BCUT2D eigenvalue weighted by atomic mass is 32.1. The van der Waals surface area contributed by atoms with Crippen molar-refractivity contribution < 1.29 is 19.1 Å². The highest BCUT2D eigenvalue weighted by molar-refractivity contribution is 7.08. The fraction of sp³-hybridized carbons (Fsp3) is 0.278.